The van der Waals surface area contributed by atoms with Gasteiger partial charge in [0.1, 0.15) is 19.8 Å². The Bertz CT molecular complexity index is 1140. The molecule has 0 saturated heterocycles. The molecule has 9 nitrogen and oxygen atoms in total. The van der Waals surface area contributed by atoms with Gasteiger partial charge in [0.15, 0.2) is 6.10 Å². The van der Waals surface area contributed by atoms with E-state index in [1.165, 1.54) is 57.8 Å². The van der Waals surface area contributed by atoms with Gasteiger partial charge in [-0.1, -0.05) is 132 Å². The van der Waals surface area contributed by atoms with Gasteiger partial charge in [0, 0.05) is 6.42 Å². The lowest BCUT2D eigenvalue weighted by Gasteiger charge is -2.28. The molecule has 0 saturated carbocycles. The van der Waals surface area contributed by atoms with Crippen molar-refractivity contribution in [1.29, 1.82) is 0 Å². The van der Waals surface area contributed by atoms with E-state index in [0.29, 0.717) is 17.4 Å². The summed E-state index contributed by atoms with van der Waals surface area (Å²) in [6.07, 6.45) is 46.4. The highest BCUT2D eigenvalue weighted by Gasteiger charge is 2.19. The van der Waals surface area contributed by atoms with E-state index in [1.807, 2.05) is 39.4 Å². The number of nitrogens with zero attached hydrogens (tertiary/aromatic N) is 1. The average molecular weight is 808 g/mol. The molecular weight excluding hydrogens is 725 g/mol. The first-order chi connectivity index (χ1) is 27.0. The number of carbonyl (C=O) groups excluding carboxylic acids is 1. The number of carbonyl (C=O) groups is 1. The van der Waals surface area contributed by atoms with Crippen molar-refractivity contribution < 1.29 is 42.4 Å². The molecule has 324 valence electrons. The van der Waals surface area contributed by atoms with Crippen LogP contribution in [0.25, 0.3) is 0 Å². The summed E-state index contributed by atoms with van der Waals surface area (Å²) in [5.74, 6) is -0.366. The topological polar surface area (TPSA) is 114 Å². The van der Waals surface area contributed by atoms with E-state index in [9.17, 15) is 19.4 Å². The minimum atomic E-state index is -4.54. The molecule has 0 aromatic carbocycles. The normalized spacial score (nSPS) is 15.0. The second kappa shape index (κ2) is 38.3. The SMILES string of the molecule is CCCCCCCC/C=C\CCCCCC/C=C/O[C@H](COC(=O)CCC/C=C\C/C=C\C/C=C\C/C=C\[C@@H](O)CCCC)COP(=O)([O-])OCC[N+](C)(C)C. The van der Waals surface area contributed by atoms with Crippen molar-refractivity contribution in [2.75, 3.05) is 47.5 Å². The first kappa shape index (κ1) is 53.7. The van der Waals surface area contributed by atoms with Crippen LogP contribution in [0.4, 0.5) is 0 Å². The summed E-state index contributed by atoms with van der Waals surface area (Å²) >= 11 is 0. The van der Waals surface area contributed by atoms with Gasteiger partial charge in [-0.15, -0.1) is 0 Å². The van der Waals surface area contributed by atoms with Gasteiger partial charge in [0.2, 0.25) is 0 Å². The maximum Gasteiger partial charge on any atom is 0.305 e. The molecule has 0 amide bonds. The Morgan fingerprint density at radius 2 is 1.18 bits per heavy atom. The second-order valence-electron chi connectivity index (χ2n) is 15.6. The molecule has 0 heterocycles. The molecule has 56 heavy (non-hydrogen) atoms. The standard InChI is InChI=1S/C46H82NO8P/c1-6-8-10-11-12-13-14-15-16-17-20-23-26-29-32-35-40-52-45(43-55-56(50,51)54-41-39-47(3,4)5)42-53-46(49)38-34-31-28-25-22-19-18-21-24-27-30-33-37-44(48)36-9-7-2/h15-16,18-19,24-25,27-28,33,35,37,40,44-45,48H,6-14,17,20-23,26,29-32,34,36,38-39,41-43H2,1-5H3/b16-15-,19-18-,27-24-,28-25-,37-33-,40-35+/t44-,45+/m0/s1. The highest BCUT2D eigenvalue weighted by atomic mass is 31.2. The molecule has 0 aliphatic carbocycles. The molecule has 0 bridgehead atoms. The molecule has 0 aliphatic rings. The van der Waals surface area contributed by atoms with Crippen molar-refractivity contribution in [3.8, 4) is 0 Å². The van der Waals surface area contributed by atoms with Crippen LogP contribution >= 0.6 is 7.82 Å². The number of aliphatic hydroxyl groups is 1. The highest BCUT2D eigenvalue weighted by Crippen LogP contribution is 2.38. The van der Waals surface area contributed by atoms with E-state index in [1.54, 1.807) is 6.26 Å². The molecule has 0 rings (SSSR count). The summed E-state index contributed by atoms with van der Waals surface area (Å²) in [5.41, 5.74) is 0. The number of phosphoric acid groups is 1. The maximum atomic E-state index is 12.5. The minimum absolute atomic E-state index is 0.00659. The zero-order chi connectivity index (χ0) is 41.4. The van der Waals surface area contributed by atoms with E-state index in [2.05, 4.69) is 62.5 Å². The number of unbranched alkanes of at least 4 members (excludes halogenated alkanes) is 13. The third kappa shape index (κ3) is 41.4. The van der Waals surface area contributed by atoms with E-state index in [0.717, 1.165) is 70.6 Å². The third-order valence-electron chi connectivity index (χ3n) is 8.89. The largest absolute Gasteiger partial charge is 0.756 e. The summed E-state index contributed by atoms with van der Waals surface area (Å²) < 4.78 is 34.2. The highest BCUT2D eigenvalue weighted by molar-refractivity contribution is 7.45. The molecule has 0 aromatic heterocycles. The van der Waals surface area contributed by atoms with E-state index in [4.69, 9.17) is 18.5 Å². The molecule has 0 aliphatic heterocycles. The van der Waals surface area contributed by atoms with Gasteiger partial charge in [-0.25, -0.2) is 0 Å². The number of hydrogen-bond acceptors (Lipinski definition) is 8. The summed E-state index contributed by atoms with van der Waals surface area (Å²) in [6.45, 7) is 4.44. The molecule has 0 fully saturated rings. The molecule has 10 heteroatoms. The number of quaternary nitrogens is 1. The van der Waals surface area contributed by atoms with Crippen molar-refractivity contribution in [2.24, 2.45) is 0 Å². The Balaban J connectivity index is 4.45. The number of esters is 1. The summed E-state index contributed by atoms with van der Waals surface area (Å²) in [4.78, 5) is 24.8. The van der Waals surface area contributed by atoms with Gasteiger partial charge in [0.25, 0.3) is 7.82 Å². The minimum Gasteiger partial charge on any atom is -0.756 e. The summed E-state index contributed by atoms with van der Waals surface area (Å²) in [5, 5.41) is 9.82. The zero-order valence-electron chi connectivity index (χ0n) is 36.2. The lowest BCUT2D eigenvalue weighted by molar-refractivity contribution is -0.870. The van der Waals surface area contributed by atoms with Crippen LogP contribution in [-0.4, -0.2) is 75.3 Å². The third-order valence-corrected chi connectivity index (χ3v) is 9.85. The van der Waals surface area contributed by atoms with Crippen LogP contribution in [-0.2, 0) is 27.9 Å². The van der Waals surface area contributed by atoms with Crippen molar-refractivity contribution in [2.45, 2.75) is 167 Å². The Morgan fingerprint density at radius 3 is 1.79 bits per heavy atom. The lowest BCUT2D eigenvalue weighted by atomic mass is 10.1. The van der Waals surface area contributed by atoms with Gasteiger partial charge >= 0.3 is 5.97 Å². The predicted octanol–water partition coefficient (Wildman–Crippen LogP) is 11.4. The Kier molecular flexibility index (Phi) is 36.7. The fourth-order valence-corrected chi connectivity index (χ4v) is 6.09. The van der Waals surface area contributed by atoms with E-state index < -0.39 is 13.9 Å². The number of aliphatic hydroxyl groups excluding tert-OH is 1. The summed E-state index contributed by atoms with van der Waals surface area (Å²) in [6, 6.07) is 0. The quantitative estimate of drug-likeness (QED) is 0.0163. The van der Waals surface area contributed by atoms with Crippen LogP contribution < -0.4 is 4.89 Å². The van der Waals surface area contributed by atoms with E-state index >= 15 is 0 Å². The second-order valence-corrected chi connectivity index (χ2v) is 17.0. The van der Waals surface area contributed by atoms with Crippen LogP contribution in [0, 0.1) is 0 Å². The van der Waals surface area contributed by atoms with E-state index in [-0.39, 0.29) is 38.3 Å². The number of rotatable bonds is 39. The molecule has 1 N–H and O–H groups in total. The van der Waals surface area contributed by atoms with Gasteiger partial charge in [-0.3, -0.25) is 9.36 Å². The van der Waals surface area contributed by atoms with Gasteiger partial charge in [-0.05, 0) is 83.1 Å². The molecular formula is C46H82NO8P. The molecule has 1 unspecified atom stereocenters. The fourth-order valence-electron chi connectivity index (χ4n) is 5.36. The number of allylic oxidation sites excluding steroid dienone is 10. The molecule has 0 radical (unpaired) electrons. The Labute approximate surface area is 343 Å². The predicted molar refractivity (Wildman–Crippen MR) is 232 cm³/mol. The molecule has 3 atom stereocenters. The number of phosphoric ester groups is 1. The van der Waals surface area contributed by atoms with Gasteiger partial charge < -0.3 is 33.0 Å². The van der Waals surface area contributed by atoms with Crippen molar-refractivity contribution >= 4 is 13.8 Å². The van der Waals surface area contributed by atoms with Crippen LogP contribution in [0.3, 0.4) is 0 Å². The number of likely N-dealkylation sites (N-methyl/N-ethyl adjacent to an activating group) is 1. The van der Waals surface area contributed by atoms with Crippen LogP contribution in [0.5, 0.6) is 0 Å². The van der Waals surface area contributed by atoms with Crippen LogP contribution in [0.15, 0.2) is 73.1 Å². The maximum absolute atomic E-state index is 12.5. The van der Waals surface area contributed by atoms with Crippen molar-refractivity contribution in [3.05, 3.63) is 73.1 Å². The van der Waals surface area contributed by atoms with Crippen molar-refractivity contribution in [1.82, 2.24) is 0 Å². The lowest BCUT2D eigenvalue weighted by Crippen LogP contribution is -2.37. The number of hydrogen-bond donors (Lipinski definition) is 1. The Morgan fingerprint density at radius 1 is 0.661 bits per heavy atom. The monoisotopic (exact) mass is 808 g/mol. The van der Waals surface area contributed by atoms with Gasteiger partial charge in [0.05, 0.1) is 40.1 Å². The summed E-state index contributed by atoms with van der Waals surface area (Å²) in [7, 11) is 1.29. The van der Waals surface area contributed by atoms with Crippen LogP contribution in [0.1, 0.15) is 155 Å². The Hall–Kier alpha value is -2.26. The van der Waals surface area contributed by atoms with Crippen LogP contribution in [0.2, 0.25) is 0 Å². The zero-order valence-corrected chi connectivity index (χ0v) is 37.1. The first-order valence-electron chi connectivity index (χ1n) is 21.8. The molecule has 0 spiro atoms. The van der Waals surface area contributed by atoms with Crippen molar-refractivity contribution in [3.63, 3.8) is 0 Å². The number of ether oxygens (including phenoxy) is 2. The fraction of sp³-hybridized carbons (Fsp3) is 0.717. The molecule has 0 aromatic rings. The first-order valence-corrected chi connectivity index (χ1v) is 23.3. The average Bonchev–Trinajstić information content (AvgIpc) is 3.15. The van der Waals surface area contributed by atoms with Gasteiger partial charge in [-0.2, -0.15) is 0 Å². The smallest absolute Gasteiger partial charge is 0.305 e.